The fraction of sp³-hybridized carbons (Fsp3) is 0.405. The monoisotopic (exact) mass is 2100 g/mol. The lowest BCUT2D eigenvalue weighted by atomic mass is 9.90. The van der Waals surface area contributed by atoms with Crippen molar-refractivity contribution in [2.24, 2.45) is 64.0 Å². The first-order chi connectivity index (χ1) is 65.8. The van der Waals surface area contributed by atoms with Gasteiger partial charge in [-0.05, 0) is 253 Å². The summed E-state index contributed by atoms with van der Waals surface area (Å²) >= 11 is 38.0. The number of alkyl halides is 2. The maximum absolute atomic E-state index is 13.0. The van der Waals surface area contributed by atoms with Gasteiger partial charge in [0.1, 0.15) is 35.2 Å². The molecule has 1 aliphatic rings. The number of aliphatic imine (C=N–C) groups is 1. The molecule has 0 saturated heterocycles. The second kappa shape index (κ2) is 66.2. The molecule has 6 atom stereocenters. The number of hydrogen-bond donors (Lipinski definition) is 8. The Morgan fingerprint density at radius 1 is 0.421 bits per heavy atom. The first-order valence-electron chi connectivity index (χ1n) is 45.7. The highest BCUT2D eigenvalue weighted by Crippen LogP contribution is 2.34. The first kappa shape index (κ1) is 125. The minimum atomic E-state index is -0.673. The zero-order chi connectivity index (χ0) is 104. The van der Waals surface area contributed by atoms with E-state index in [-0.39, 0.29) is 133 Å². The van der Waals surface area contributed by atoms with Crippen molar-refractivity contribution in [1.29, 1.82) is 0 Å². The van der Waals surface area contributed by atoms with Gasteiger partial charge in [-0.2, -0.15) is 0 Å². The van der Waals surface area contributed by atoms with Crippen LogP contribution in [-0.4, -0.2) is 145 Å². The molecule has 0 bridgehead atoms. The Labute approximate surface area is 867 Å². The van der Waals surface area contributed by atoms with E-state index in [2.05, 4.69) is 116 Å². The van der Waals surface area contributed by atoms with Crippen LogP contribution < -0.4 is 51.9 Å². The smallest absolute Gasteiger partial charge is 0.223 e. The highest BCUT2D eigenvalue weighted by Gasteiger charge is 2.29. The molecule has 0 fully saturated rings. The number of benzene rings is 8. The number of ketones is 5. The van der Waals surface area contributed by atoms with Crippen molar-refractivity contribution in [3.05, 3.63) is 262 Å². The van der Waals surface area contributed by atoms with Crippen LogP contribution in [0.5, 0.6) is 23.0 Å². The number of nitrogens with two attached hydrogens (primary N) is 2. The molecule has 756 valence electrons. The van der Waals surface area contributed by atoms with Crippen LogP contribution in [0.25, 0.3) is 5.57 Å². The van der Waals surface area contributed by atoms with Gasteiger partial charge in [-0.15, -0.1) is 29.6 Å². The largest absolute Gasteiger partial charge is 0.489 e. The second-order valence-corrected chi connectivity index (χ2v) is 38.1. The number of hydrogen-bond acceptors (Lipinski definition) is 18. The van der Waals surface area contributed by atoms with Gasteiger partial charge in [0.15, 0.2) is 23.1 Å². The molecule has 1 heterocycles. The highest BCUT2D eigenvalue weighted by molar-refractivity contribution is 9.10. The number of rotatable bonds is 37. The van der Waals surface area contributed by atoms with E-state index in [4.69, 9.17) is 100 Å². The van der Waals surface area contributed by atoms with Crippen LogP contribution in [0.4, 0.5) is 0 Å². The molecular formula is C111H138BrCl6N7O15. The molecule has 8 aromatic carbocycles. The number of Topliss-reactive ketones (excluding diaryl/α,β-unsaturated/α-hetero) is 5. The molecular weight excluding hydrogens is 1960 g/mol. The van der Waals surface area contributed by atoms with Crippen LogP contribution in [0.1, 0.15) is 224 Å². The molecule has 8 aromatic rings. The Kier molecular flexibility index (Phi) is 59.3. The van der Waals surface area contributed by atoms with Gasteiger partial charge in [-0.25, -0.2) is 0 Å². The zero-order valence-electron chi connectivity index (χ0n) is 82.9. The van der Waals surface area contributed by atoms with E-state index in [1.165, 1.54) is 5.57 Å². The number of allylic oxidation sites excluding steroid dienone is 1. The van der Waals surface area contributed by atoms with Crippen molar-refractivity contribution < 1.29 is 72.3 Å². The van der Waals surface area contributed by atoms with Crippen molar-refractivity contribution in [3.63, 3.8) is 0 Å². The summed E-state index contributed by atoms with van der Waals surface area (Å²) in [6.45, 7) is 31.4. The molecule has 22 nitrogen and oxygen atoms in total. The van der Waals surface area contributed by atoms with E-state index in [0.29, 0.717) is 103 Å². The Balaban J connectivity index is 0.000000606. The molecule has 1 aliphatic heterocycles. The molecule has 140 heavy (non-hydrogen) atoms. The summed E-state index contributed by atoms with van der Waals surface area (Å²) in [5.74, 6) is 20.8. The zero-order valence-corrected chi connectivity index (χ0v) is 89.0. The van der Waals surface area contributed by atoms with Gasteiger partial charge in [-0.1, -0.05) is 209 Å². The van der Waals surface area contributed by atoms with E-state index in [0.717, 1.165) is 49.1 Å². The number of halogens is 7. The van der Waals surface area contributed by atoms with Gasteiger partial charge >= 0.3 is 0 Å². The maximum atomic E-state index is 13.0. The lowest BCUT2D eigenvalue weighted by molar-refractivity contribution is -0.125. The van der Waals surface area contributed by atoms with Crippen molar-refractivity contribution in [2.45, 2.75) is 206 Å². The summed E-state index contributed by atoms with van der Waals surface area (Å²) < 4.78 is 23.4. The number of hydrazine groups is 1. The van der Waals surface area contributed by atoms with Crippen LogP contribution in [-0.2, 0) is 49.7 Å². The fourth-order valence-corrected chi connectivity index (χ4v) is 14.3. The third-order valence-corrected chi connectivity index (χ3v) is 22.4. The number of aliphatic hydroxyl groups excluding tert-OH is 2. The van der Waals surface area contributed by atoms with E-state index in [9.17, 15) is 48.3 Å². The van der Waals surface area contributed by atoms with Gasteiger partial charge in [0.25, 0.3) is 0 Å². The summed E-state index contributed by atoms with van der Waals surface area (Å²) in [5.41, 5.74) is 10.6. The molecule has 0 saturated carbocycles. The standard InChI is InChI=1S/C28H33ClN2O3.C27H32ClNO4.C27H30ClNO4.C21H23BrClNO3.C6H10O.CH2Cl2.CH4.H4N2/c1-17(2)25-14-23(16-31-25)20-8-6-19(7-9-20)12-22(28(33)30-5)15-26(32)21-10-11-27(24(29)13-21)34-18(3)4;2*1-17(2)24(30)12-10-19-6-8-20(9-7-19)14-22(27(32)29-5)16-25(31)21-11-13-26(23(28)15-21)33-18(3)4;1-13(2)27-20-9-6-15(11-18(20)23)19(25)12-16(21(26)24-3)10-14-4-7-17(22)8-5-14;1-4-6(7)5(2)3;2-1-3;;1-2/h6-11,13-14,17-18,22H,12,15-16H2,1-5H3,(H,30,33);6-9,11,13,15,17-18,22,24,30H,14,16H2,1-5H3,(H,29,32);6-9,11,13,15,17-18,22H,14,16H2,1-5H3,(H,29,32);4-9,11,13,16H,10,12H2,1-3H3,(H,24,26);1,5-7H,2-3H3;1H2;1H4;1-2H2/t22-;22-,24?;22-;16-;;;;/m1111..../s1. The van der Waals surface area contributed by atoms with Gasteiger partial charge in [0.05, 0.1) is 56.4 Å². The summed E-state index contributed by atoms with van der Waals surface area (Å²) in [6.07, 6.45) is 7.78. The third kappa shape index (κ3) is 45.9. The first-order valence-corrected chi connectivity index (χ1v) is 49.1. The van der Waals surface area contributed by atoms with E-state index >= 15 is 0 Å². The van der Waals surface area contributed by atoms with Crippen molar-refractivity contribution >= 4 is 149 Å². The molecule has 0 aliphatic carbocycles. The number of ether oxygens (including phenoxy) is 4. The summed E-state index contributed by atoms with van der Waals surface area (Å²) in [5, 5.41) is 30.9. The predicted molar refractivity (Wildman–Crippen MR) is 574 cm³/mol. The average molecular weight is 2100 g/mol. The highest BCUT2D eigenvalue weighted by atomic mass is 79.9. The fourth-order valence-electron chi connectivity index (χ4n) is 13.1. The molecule has 10 N–H and O–H groups in total. The van der Waals surface area contributed by atoms with Crippen molar-refractivity contribution in [2.75, 3.05) is 40.1 Å². The Morgan fingerprint density at radius 2 is 0.693 bits per heavy atom. The number of nitrogens with zero attached hydrogens (tertiary/aromatic N) is 1. The number of carbonyl (C=O) groups excluding carboxylic acids is 9. The Bertz CT molecular complexity index is 5560. The Hall–Kier alpha value is -10.7. The topological polar surface area (TPSA) is 344 Å². The SMILES string of the molecule is C.C#CC(O)C(C)C.CNC(=O)[C@@H](CC(=O)c1ccc(OC(C)C)c(Cl)c1)Cc1ccc(Br)cc1.CNC(=O)[C@@H](CC(=O)c1ccc(OC(C)C)c(Cl)c1)Cc1ccc(C#CC(=O)C(C)C)cc1.CNC(=O)[C@@H](CC(=O)c1ccc(OC(C)C)c(Cl)c1)Cc1ccc(C#CC(O)C(C)C)cc1.CNC(=O)[C@@H](CC(=O)c1ccc(OC(C)C)c(Cl)c1)Cc1ccc(C2=CC(C(C)C)=NC2)cc1.ClCCl.NN. The van der Waals surface area contributed by atoms with Crippen LogP contribution in [0.2, 0.25) is 20.1 Å². The quantitative estimate of drug-likeness (QED) is 0.00589. The molecule has 4 amide bonds. The number of aliphatic hydroxyl groups is 2. The Morgan fingerprint density at radius 3 is 0.921 bits per heavy atom. The summed E-state index contributed by atoms with van der Waals surface area (Å²) in [6, 6.07) is 50.6. The number of carbonyl (C=O) groups is 9. The van der Waals surface area contributed by atoms with E-state index < -0.39 is 35.9 Å². The van der Waals surface area contributed by atoms with Crippen LogP contribution in [0.15, 0.2) is 185 Å². The van der Waals surface area contributed by atoms with Gasteiger partial charge in [0, 0.05) is 127 Å². The lowest BCUT2D eigenvalue weighted by Gasteiger charge is -2.16. The second-order valence-electron chi connectivity index (χ2n) is 34.8. The van der Waals surface area contributed by atoms with Crippen molar-refractivity contribution in [3.8, 4) is 59.0 Å². The lowest BCUT2D eigenvalue weighted by Crippen LogP contribution is -2.30. The summed E-state index contributed by atoms with van der Waals surface area (Å²) in [4.78, 5) is 118. The number of terminal acetylenes is 1. The predicted octanol–water partition coefficient (Wildman–Crippen LogP) is 21.9. The van der Waals surface area contributed by atoms with Crippen LogP contribution in [0, 0.1) is 83.4 Å². The molecule has 9 rings (SSSR count). The molecule has 29 heteroatoms. The third-order valence-electron chi connectivity index (χ3n) is 20.7. The van der Waals surface area contributed by atoms with E-state index in [1.54, 1.807) is 101 Å². The summed E-state index contributed by atoms with van der Waals surface area (Å²) in [7, 11) is 6.29. The minimum absolute atomic E-state index is 0. The average Bonchev–Trinajstić information content (AvgIpc) is 1.61. The van der Waals surface area contributed by atoms with Gasteiger partial charge < -0.3 is 50.4 Å². The van der Waals surface area contributed by atoms with Gasteiger partial charge in [-0.3, -0.25) is 59.8 Å². The molecule has 2 unspecified atom stereocenters. The molecule has 0 aromatic heterocycles. The maximum Gasteiger partial charge on any atom is 0.223 e. The number of nitrogens with one attached hydrogen (secondary N) is 4. The normalized spacial score (nSPS) is 12.3. The minimum Gasteiger partial charge on any atom is -0.489 e. The van der Waals surface area contributed by atoms with Crippen molar-refractivity contribution in [1.82, 2.24) is 21.3 Å². The van der Waals surface area contributed by atoms with Gasteiger partial charge in [0.2, 0.25) is 29.4 Å². The number of amides is 4. The molecule has 0 radical (unpaired) electrons. The van der Waals surface area contributed by atoms with Crippen LogP contribution >= 0.6 is 85.5 Å². The van der Waals surface area contributed by atoms with Crippen LogP contribution in [0.3, 0.4) is 0 Å². The van der Waals surface area contributed by atoms with E-state index in [1.807, 2.05) is 182 Å². The molecule has 0 spiro atoms.